The predicted octanol–water partition coefficient (Wildman–Crippen LogP) is 1.64. The number of carbonyl (C=O) groups is 2. The van der Waals surface area contributed by atoms with Gasteiger partial charge in [-0.1, -0.05) is 0 Å². The van der Waals surface area contributed by atoms with E-state index in [0.29, 0.717) is 23.1 Å². The molecule has 0 spiro atoms. The van der Waals surface area contributed by atoms with Crippen molar-refractivity contribution in [3.05, 3.63) is 52.3 Å². The molecule has 0 saturated carbocycles. The van der Waals surface area contributed by atoms with Crippen LogP contribution >= 0.6 is 0 Å². The van der Waals surface area contributed by atoms with Crippen LogP contribution in [-0.4, -0.2) is 53.6 Å². The average molecular weight is 486 g/mol. The number of hydrogen-bond acceptors (Lipinski definition) is 6. The fraction of sp³-hybridized carbons (Fsp3) is 0.348. The minimum absolute atomic E-state index is 0.0277. The Balaban J connectivity index is 1.37. The molecule has 184 valence electrons. The van der Waals surface area contributed by atoms with Crippen LogP contribution in [0.25, 0.3) is 10.9 Å². The van der Waals surface area contributed by atoms with Gasteiger partial charge in [0.2, 0.25) is 5.91 Å². The molecule has 5 rings (SSSR count). The number of anilines is 3. The summed E-state index contributed by atoms with van der Waals surface area (Å²) in [6, 6.07) is 7.29. The highest BCUT2D eigenvalue weighted by Gasteiger charge is 2.34. The molecule has 12 heteroatoms. The van der Waals surface area contributed by atoms with Gasteiger partial charge in [0, 0.05) is 37.8 Å². The van der Waals surface area contributed by atoms with Gasteiger partial charge < -0.3 is 20.7 Å². The second-order valence-electron chi connectivity index (χ2n) is 8.63. The van der Waals surface area contributed by atoms with Gasteiger partial charge in [0.15, 0.2) is 11.6 Å². The Morgan fingerprint density at radius 1 is 1.09 bits per heavy atom. The van der Waals surface area contributed by atoms with E-state index in [4.69, 9.17) is 10.5 Å². The second kappa shape index (κ2) is 8.60. The lowest BCUT2D eigenvalue weighted by Gasteiger charge is -2.24. The fourth-order valence-electron chi connectivity index (χ4n) is 4.66. The van der Waals surface area contributed by atoms with Crippen molar-refractivity contribution in [1.82, 2.24) is 14.7 Å². The van der Waals surface area contributed by atoms with E-state index < -0.39 is 23.8 Å². The van der Waals surface area contributed by atoms with E-state index in [9.17, 15) is 14.4 Å². The topological polar surface area (TPSA) is 115 Å². The quantitative estimate of drug-likeness (QED) is 0.542. The summed E-state index contributed by atoms with van der Waals surface area (Å²) in [6.45, 7) is 2.55. The van der Waals surface area contributed by atoms with Crippen molar-refractivity contribution in [2.24, 2.45) is 0 Å². The zero-order chi connectivity index (χ0) is 24.9. The van der Waals surface area contributed by atoms with Crippen molar-refractivity contribution in [3.63, 3.8) is 0 Å². The van der Waals surface area contributed by atoms with E-state index in [-0.39, 0.29) is 55.6 Å². The lowest BCUT2D eigenvalue weighted by molar-refractivity contribution is -0.119. The lowest BCUT2D eigenvalue weighted by atomic mass is 10.2. The van der Waals surface area contributed by atoms with Crippen LogP contribution in [0.2, 0.25) is 0 Å². The second-order valence-corrected chi connectivity index (χ2v) is 8.63. The molecule has 1 atom stereocenters. The van der Waals surface area contributed by atoms with Crippen LogP contribution in [-0.2, 0) is 22.6 Å². The van der Waals surface area contributed by atoms with Crippen LogP contribution in [0.5, 0.6) is 0 Å². The van der Waals surface area contributed by atoms with Crippen LogP contribution < -0.4 is 26.4 Å². The third-order valence-electron chi connectivity index (χ3n) is 6.30. The number of amides is 2. The van der Waals surface area contributed by atoms with Gasteiger partial charge in [0.25, 0.3) is 5.56 Å². The van der Waals surface area contributed by atoms with Gasteiger partial charge in [-0.3, -0.25) is 19.2 Å². The minimum atomic E-state index is -0.824. The molecule has 1 fully saturated rings. The maximum atomic E-state index is 15.2. The van der Waals surface area contributed by atoms with Crippen molar-refractivity contribution in [2.75, 3.05) is 41.7 Å². The average Bonchev–Trinajstić information content (AvgIpc) is 3.20. The summed E-state index contributed by atoms with van der Waals surface area (Å²) in [5, 5.41) is 3.06. The molecule has 2 aliphatic rings. The summed E-state index contributed by atoms with van der Waals surface area (Å²) in [7, 11) is 0. The highest BCUT2D eigenvalue weighted by Crippen LogP contribution is 2.31. The Kier molecular flexibility index (Phi) is 5.58. The molecule has 3 N–H and O–H groups in total. The zero-order valence-corrected chi connectivity index (χ0v) is 19.0. The van der Waals surface area contributed by atoms with E-state index >= 15 is 8.78 Å². The van der Waals surface area contributed by atoms with E-state index in [1.54, 1.807) is 32.5 Å². The van der Waals surface area contributed by atoms with Crippen molar-refractivity contribution in [1.29, 1.82) is 0 Å². The Hall–Kier alpha value is -4.09. The van der Waals surface area contributed by atoms with E-state index in [2.05, 4.69) is 5.32 Å². The first-order chi connectivity index (χ1) is 16.7. The molecule has 1 saturated heterocycles. The number of aromatic nitrogens is 2. The van der Waals surface area contributed by atoms with Gasteiger partial charge >= 0.3 is 6.09 Å². The molecular weight excluding hydrogens is 462 g/mol. The van der Waals surface area contributed by atoms with Crippen molar-refractivity contribution < 1.29 is 23.1 Å². The summed E-state index contributed by atoms with van der Waals surface area (Å²) in [4.78, 5) is 38.8. The number of nitrogens with two attached hydrogens (primary N) is 1. The number of carbonyl (C=O) groups excluding carboxylic acids is 2. The van der Waals surface area contributed by atoms with Gasteiger partial charge in [-0.2, -0.15) is 0 Å². The number of fused-ring (bicyclic) bond motifs is 3. The van der Waals surface area contributed by atoms with Crippen LogP contribution in [0, 0.1) is 11.6 Å². The number of hydrogen-bond donors (Lipinski definition) is 2. The predicted molar refractivity (Wildman–Crippen MR) is 125 cm³/mol. The largest absolute Gasteiger partial charge is 0.442 e. The smallest absolute Gasteiger partial charge is 0.414 e. The first-order valence-electron chi connectivity index (χ1n) is 11.2. The van der Waals surface area contributed by atoms with Crippen molar-refractivity contribution in [2.45, 2.75) is 26.1 Å². The van der Waals surface area contributed by atoms with E-state index in [1.165, 1.54) is 6.92 Å². The Bertz CT molecular complexity index is 1380. The van der Waals surface area contributed by atoms with Gasteiger partial charge in [-0.05, 0) is 18.2 Å². The highest BCUT2D eigenvalue weighted by molar-refractivity contribution is 5.90. The molecular formula is C23H24F2N6O4. The van der Waals surface area contributed by atoms with Crippen LogP contribution in [0.15, 0.2) is 35.1 Å². The number of benzene rings is 2. The van der Waals surface area contributed by atoms with Crippen LogP contribution in [0.1, 0.15) is 6.92 Å². The Morgan fingerprint density at radius 2 is 1.77 bits per heavy atom. The molecule has 1 aromatic heterocycles. The van der Waals surface area contributed by atoms with E-state index in [1.807, 2.05) is 0 Å². The lowest BCUT2D eigenvalue weighted by Crippen LogP contribution is -2.33. The third-order valence-corrected chi connectivity index (χ3v) is 6.30. The number of nitrogens with one attached hydrogen (secondary N) is 1. The van der Waals surface area contributed by atoms with Crippen LogP contribution in [0.4, 0.5) is 30.6 Å². The number of nitrogens with zero attached hydrogens (tertiary/aromatic N) is 4. The molecule has 2 aromatic carbocycles. The molecule has 0 radical (unpaired) electrons. The summed E-state index contributed by atoms with van der Waals surface area (Å²) >= 11 is 0. The SMILES string of the molecule is CC(=O)NC[C@H]1CN(c2cc(F)c(N3CCn4c(=O)c5cc(N)ccc5n4CC3)c(F)c2)C(=O)O1. The Morgan fingerprint density at radius 3 is 2.46 bits per heavy atom. The number of rotatable bonds is 4. The first-order valence-corrected chi connectivity index (χ1v) is 11.2. The fourth-order valence-corrected chi connectivity index (χ4v) is 4.66. The molecule has 2 aliphatic heterocycles. The normalized spacial score (nSPS) is 17.9. The molecule has 3 heterocycles. The summed E-state index contributed by atoms with van der Waals surface area (Å²) < 4.78 is 38.9. The van der Waals surface area contributed by atoms with Gasteiger partial charge in [0.1, 0.15) is 11.8 Å². The van der Waals surface area contributed by atoms with Gasteiger partial charge in [-0.25, -0.2) is 18.3 Å². The zero-order valence-electron chi connectivity index (χ0n) is 19.0. The van der Waals surface area contributed by atoms with Crippen molar-refractivity contribution >= 4 is 40.0 Å². The molecule has 0 bridgehead atoms. The van der Waals surface area contributed by atoms with Gasteiger partial charge in [-0.15, -0.1) is 0 Å². The number of nitrogen functional groups attached to an aromatic ring is 1. The van der Waals surface area contributed by atoms with Crippen LogP contribution in [0.3, 0.4) is 0 Å². The summed E-state index contributed by atoms with van der Waals surface area (Å²) in [6.07, 6.45) is -1.37. The van der Waals surface area contributed by atoms with Crippen molar-refractivity contribution in [3.8, 4) is 0 Å². The molecule has 10 nitrogen and oxygen atoms in total. The molecule has 2 amide bonds. The number of halogens is 2. The Labute approximate surface area is 198 Å². The standard InChI is InChI=1S/C23H24F2N6O4/c1-13(32)27-11-16-12-29(23(34)35-16)15-9-18(24)21(19(25)10-15)28-4-6-30-20-3-2-14(26)8-17(20)22(33)31(30)7-5-28/h2-3,8-10,16H,4-7,11-12,26H2,1H3,(H,27,32)/t16-/m0/s1. The first kappa shape index (κ1) is 22.7. The molecule has 0 aliphatic carbocycles. The molecule has 35 heavy (non-hydrogen) atoms. The maximum Gasteiger partial charge on any atom is 0.414 e. The molecule has 0 unspecified atom stereocenters. The highest BCUT2D eigenvalue weighted by atomic mass is 19.1. The molecule has 3 aromatic rings. The minimum Gasteiger partial charge on any atom is -0.442 e. The maximum absolute atomic E-state index is 15.2. The van der Waals surface area contributed by atoms with Gasteiger partial charge in [0.05, 0.1) is 42.8 Å². The number of cyclic esters (lactones) is 1. The number of ether oxygens (including phenoxy) is 1. The summed E-state index contributed by atoms with van der Waals surface area (Å²) in [5.74, 6) is -1.92. The monoisotopic (exact) mass is 486 g/mol. The summed E-state index contributed by atoms with van der Waals surface area (Å²) in [5.41, 5.74) is 6.62. The third kappa shape index (κ3) is 4.04. The van der Waals surface area contributed by atoms with E-state index in [0.717, 1.165) is 17.0 Å².